The third-order valence-corrected chi connectivity index (χ3v) is 1.88. The molecule has 0 aliphatic carbocycles. The number of carbonyl (C=O) groups excluding carboxylic acids is 1. The minimum Gasteiger partial charge on any atom is -0.508 e. The van der Waals surface area contributed by atoms with E-state index in [1.807, 2.05) is 0 Å². The quantitative estimate of drug-likeness (QED) is 0.701. The first-order chi connectivity index (χ1) is 6.80. The molecule has 82 valence electrons. The van der Waals surface area contributed by atoms with Crippen LogP contribution in [-0.4, -0.2) is 11.0 Å². The Bertz CT molecular complexity index is 383. The highest BCUT2D eigenvalue weighted by Crippen LogP contribution is 2.22. The van der Waals surface area contributed by atoms with Gasteiger partial charge in [0.2, 0.25) is 5.91 Å². The van der Waals surface area contributed by atoms with Crippen molar-refractivity contribution in [3.63, 3.8) is 0 Å². The molecule has 0 aliphatic heterocycles. The van der Waals surface area contributed by atoms with Crippen LogP contribution in [0.4, 0.5) is 10.1 Å². The number of hydrogen-bond acceptors (Lipinski definition) is 2. The van der Waals surface area contributed by atoms with E-state index in [0.29, 0.717) is 0 Å². The van der Waals surface area contributed by atoms with Gasteiger partial charge in [0.1, 0.15) is 11.6 Å². The SMILES string of the molecule is CC(C)(C)C(=O)Nc1ccc(O)cc1F. The normalized spacial score (nSPS) is 11.2. The number of phenolic OH excluding ortho intramolecular Hbond substituents is 1. The Labute approximate surface area is 87.9 Å². The number of amides is 1. The zero-order valence-corrected chi connectivity index (χ0v) is 8.97. The van der Waals surface area contributed by atoms with E-state index in [4.69, 9.17) is 5.11 Å². The van der Waals surface area contributed by atoms with Crippen LogP contribution in [0.1, 0.15) is 20.8 Å². The van der Waals surface area contributed by atoms with E-state index >= 15 is 0 Å². The molecule has 0 unspecified atom stereocenters. The van der Waals surface area contributed by atoms with E-state index in [0.717, 1.165) is 6.07 Å². The molecule has 0 saturated heterocycles. The van der Waals surface area contributed by atoms with Crippen molar-refractivity contribution in [3.8, 4) is 5.75 Å². The van der Waals surface area contributed by atoms with Crippen LogP contribution in [0.3, 0.4) is 0 Å². The average Bonchev–Trinajstić information content (AvgIpc) is 2.08. The summed E-state index contributed by atoms with van der Waals surface area (Å²) in [6, 6.07) is 3.61. The van der Waals surface area contributed by atoms with Gasteiger partial charge in [-0.1, -0.05) is 20.8 Å². The summed E-state index contributed by atoms with van der Waals surface area (Å²) in [6.45, 7) is 5.21. The molecular formula is C11H14FNO2. The third-order valence-electron chi connectivity index (χ3n) is 1.88. The first kappa shape index (κ1) is 11.5. The van der Waals surface area contributed by atoms with Gasteiger partial charge in [-0.2, -0.15) is 0 Å². The van der Waals surface area contributed by atoms with Crippen LogP contribution in [0.15, 0.2) is 18.2 Å². The molecule has 15 heavy (non-hydrogen) atoms. The fourth-order valence-corrected chi connectivity index (χ4v) is 0.915. The van der Waals surface area contributed by atoms with E-state index in [1.165, 1.54) is 12.1 Å². The average molecular weight is 211 g/mol. The van der Waals surface area contributed by atoms with Crippen LogP contribution in [0.5, 0.6) is 5.75 Å². The Morgan fingerprint density at radius 3 is 2.47 bits per heavy atom. The van der Waals surface area contributed by atoms with Crippen LogP contribution < -0.4 is 5.32 Å². The molecule has 0 bridgehead atoms. The van der Waals surface area contributed by atoms with Crippen molar-refractivity contribution >= 4 is 11.6 Å². The zero-order valence-electron chi connectivity index (χ0n) is 8.97. The summed E-state index contributed by atoms with van der Waals surface area (Å²) in [4.78, 5) is 11.5. The summed E-state index contributed by atoms with van der Waals surface area (Å²) in [5, 5.41) is 11.4. The predicted molar refractivity (Wildman–Crippen MR) is 56.1 cm³/mol. The molecule has 0 heterocycles. The molecule has 1 rings (SSSR count). The maximum atomic E-state index is 13.2. The zero-order chi connectivity index (χ0) is 11.6. The molecule has 1 amide bonds. The lowest BCUT2D eigenvalue weighted by Gasteiger charge is -2.17. The molecule has 3 nitrogen and oxygen atoms in total. The van der Waals surface area contributed by atoms with Gasteiger partial charge >= 0.3 is 0 Å². The Hall–Kier alpha value is -1.58. The Balaban J connectivity index is 2.87. The number of hydrogen-bond donors (Lipinski definition) is 2. The van der Waals surface area contributed by atoms with E-state index < -0.39 is 11.2 Å². The molecule has 1 aromatic rings. The summed E-state index contributed by atoms with van der Waals surface area (Å²) in [5.41, 5.74) is -0.502. The maximum Gasteiger partial charge on any atom is 0.229 e. The Morgan fingerprint density at radius 2 is 2.00 bits per heavy atom. The van der Waals surface area contributed by atoms with Gasteiger partial charge < -0.3 is 10.4 Å². The van der Waals surface area contributed by atoms with Crippen LogP contribution >= 0.6 is 0 Å². The van der Waals surface area contributed by atoms with Gasteiger partial charge in [0.05, 0.1) is 5.69 Å². The van der Waals surface area contributed by atoms with Gasteiger partial charge in [0.15, 0.2) is 0 Å². The first-order valence-corrected chi connectivity index (χ1v) is 4.60. The van der Waals surface area contributed by atoms with Gasteiger partial charge in [-0.05, 0) is 12.1 Å². The Kier molecular flexibility index (Phi) is 2.98. The first-order valence-electron chi connectivity index (χ1n) is 4.60. The number of aromatic hydroxyl groups is 1. The largest absolute Gasteiger partial charge is 0.508 e. The molecule has 0 saturated carbocycles. The van der Waals surface area contributed by atoms with Crippen molar-refractivity contribution in [2.24, 2.45) is 5.41 Å². The highest BCUT2D eigenvalue weighted by molar-refractivity contribution is 5.94. The second kappa shape index (κ2) is 3.88. The molecule has 1 aromatic carbocycles. The lowest BCUT2D eigenvalue weighted by Crippen LogP contribution is -2.27. The number of nitrogens with one attached hydrogen (secondary N) is 1. The predicted octanol–water partition coefficient (Wildman–Crippen LogP) is 2.52. The van der Waals surface area contributed by atoms with E-state index in [2.05, 4.69) is 5.32 Å². The van der Waals surface area contributed by atoms with Crippen LogP contribution in [0.25, 0.3) is 0 Å². The molecule has 0 aliphatic rings. The molecule has 0 fully saturated rings. The molecule has 4 heteroatoms. The summed E-state index contributed by atoms with van der Waals surface area (Å²) in [6.07, 6.45) is 0. The lowest BCUT2D eigenvalue weighted by molar-refractivity contribution is -0.123. The monoisotopic (exact) mass is 211 g/mol. The summed E-state index contributed by atoms with van der Waals surface area (Å²) in [7, 11) is 0. The molecule has 0 radical (unpaired) electrons. The molecule has 0 aromatic heterocycles. The van der Waals surface area contributed by atoms with Gasteiger partial charge in [-0.25, -0.2) is 4.39 Å². The number of phenols is 1. The van der Waals surface area contributed by atoms with Crippen molar-refractivity contribution in [2.45, 2.75) is 20.8 Å². The molecular weight excluding hydrogens is 197 g/mol. The van der Waals surface area contributed by atoms with Gasteiger partial charge in [-0.15, -0.1) is 0 Å². The highest BCUT2D eigenvalue weighted by Gasteiger charge is 2.22. The Morgan fingerprint density at radius 1 is 1.40 bits per heavy atom. The third kappa shape index (κ3) is 2.94. The van der Waals surface area contributed by atoms with Crippen molar-refractivity contribution in [1.82, 2.24) is 0 Å². The van der Waals surface area contributed by atoms with Gasteiger partial charge in [0.25, 0.3) is 0 Å². The summed E-state index contributed by atoms with van der Waals surface area (Å²) < 4.78 is 13.2. The van der Waals surface area contributed by atoms with Gasteiger partial charge in [-0.3, -0.25) is 4.79 Å². The minimum atomic E-state index is -0.646. The number of anilines is 1. The van der Waals surface area contributed by atoms with Crippen molar-refractivity contribution in [3.05, 3.63) is 24.0 Å². The molecule has 2 N–H and O–H groups in total. The van der Waals surface area contributed by atoms with E-state index in [9.17, 15) is 9.18 Å². The number of benzene rings is 1. The fourth-order valence-electron chi connectivity index (χ4n) is 0.915. The minimum absolute atomic E-state index is 0.0766. The maximum absolute atomic E-state index is 13.2. The van der Waals surface area contributed by atoms with Crippen molar-refractivity contribution in [1.29, 1.82) is 0 Å². The topological polar surface area (TPSA) is 49.3 Å². The standard InChI is InChI=1S/C11H14FNO2/c1-11(2,3)10(15)13-9-5-4-7(14)6-8(9)12/h4-6,14H,1-3H3,(H,13,15). The lowest BCUT2D eigenvalue weighted by atomic mass is 9.95. The highest BCUT2D eigenvalue weighted by atomic mass is 19.1. The fraction of sp³-hybridized carbons (Fsp3) is 0.364. The molecule has 0 atom stereocenters. The van der Waals surface area contributed by atoms with E-state index in [1.54, 1.807) is 20.8 Å². The van der Waals surface area contributed by atoms with Crippen molar-refractivity contribution in [2.75, 3.05) is 5.32 Å². The van der Waals surface area contributed by atoms with Crippen LogP contribution in [-0.2, 0) is 4.79 Å². The number of carbonyl (C=O) groups is 1. The second-order valence-corrected chi connectivity index (χ2v) is 4.37. The number of rotatable bonds is 1. The van der Waals surface area contributed by atoms with Gasteiger partial charge in [0, 0.05) is 11.5 Å². The summed E-state index contributed by atoms with van der Waals surface area (Å²) in [5.74, 6) is -1.08. The second-order valence-electron chi connectivity index (χ2n) is 4.37. The van der Waals surface area contributed by atoms with Crippen LogP contribution in [0.2, 0.25) is 0 Å². The summed E-state index contributed by atoms with van der Waals surface area (Å²) >= 11 is 0. The van der Waals surface area contributed by atoms with E-state index in [-0.39, 0.29) is 17.3 Å². The number of halogens is 1. The van der Waals surface area contributed by atoms with Crippen molar-refractivity contribution < 1.29 is 14.3 Å². The smallest absolute Gasteiger partial charge is 0.229 e. The van der Waals surface area contributed by atoms with Crippen LogP contribution in [0, 0.1) is 11.2 Å². The molecule has 0 spiro atoms.